The van der Waals surface area contributed by atoms with Gasteiger partial charge in [0.15, 0.2) is 0 Å². The highest BCUT2D eigenvalue weighted by Gasteiger charge is 2.28. The zero-order chi connectivity index (χ0) is 15.0. The van der Waals surface area contributed by atoms with Crippen molar-refractivity contribution in [2.45, 2.75) is 33.1 Å². The molecular formula is C17H18ClNO2. The molecule has 0 saturated heterocycles. The quantitative estimate of drug-likeness (QED) is 0.824. The van der Waals surface area contributed by atoms with Crippen molar-refractivity contribution in [3.05, 3.63) is 51.9 Å². The van der Waals surface area contributed by atoms with Gasteiger partial charge in [0, 0.05) is 18.0 Å². The van der Waals surface area contributed by atoms with E-state index in [9.17, 15) is 4.79 Å². The lowest BCUT2D eigenvalue weighted by atomic mass is 9.97. The number of carbonyl (C=O) groups excluding carboxylic acids is 1. The highest BCUT2D eigenvalue weighted by molar-refractivity contribution is 6.32. The number of rotatable bonds is 2. The van der Waals surface area contributed by atoms with Crippen LogP contribution in [-0.4, -0.2) is 12.5 Å². The standard InChI is InChI=1S/C17H18ClNO2/c1-3-15-13(8-10-21-15)17(20)19-9-4-5-12-6-7-14(18)11(2)16(12)19/h6-8,10H,3-5,9H2,1-2H3. The lowest BCUT2D eigenvalue weighted by molar-refractivity contribution is 0.0983. The summed E-state index contributed by atoms with van der Waals surface area (Å²) in [5.74, 6) is 0.749. The number of fused-ring (bicyclic) bond motifs is 1. The van der Waals surface area contributed by atoms with Crippen LogP contribution in [0.1, 0.15) is 40.6 Å². The van der Waals surface area contributed by atoms with Crippen molar-refractivity contribution in [1.82, 2.24) is 0 Å². The van der Waals surface area contributed by atoms with Gasteiger partial charge in [-0.1, -0.05) is 24.6 Å². The fourth-order valence-electron chi connectivity index (χ4n) is 3.00. The molecule has 0 unspecified atom stereocenters. The molecule has 110 valence electrons. The van der Waals surface area contributed by atoms with Crippen LogP contribution < -0.4 is 4.90 Å². The Kier molecular flexibility index (Phi) is 3.77. The van der Waals surface area contributed by atoms with Crippen molar-refractivity contribution in [3.63, 3.8) is 0 Å². The van der Waals surface area contributed by atoms with Crippen molar-refractivity contribution >= 4 is 23.2 Å². The van der Waals surface area contributed by atoms with E-state index in [-0.39, 0.29) is 5.91 Å². The molecule has 0 N–H and O–H groups in total. The Balaban J connectivity index is 2.06. The summed E-state index contributed by atoms with van der Waals surface area (Å²) in [7, 11) is 0. The Hall–Kier alpha value is -1.74. The first-order valence-corrected chi connectivity index (χ1v) is 7.67. The van der Waals surface area contributed by atoms with Gasteiger partial charge >= 0.3 is 0 Å². The fraction of sp³-hybridized carbons (Fsp3) is 0.353. The fourth-order valence-corrected chi connectivity index (χ4v) is 3.15. The van der Waals surface area contributed by atoms with Crippen LogP contribution in [0.15, 0.2) is 28.9 Å². The predicted octanol–water partition coefficient (Wildman–Crippen LogP) is 4.40. The molecular weight excluding hydrogens is 286 g/mol. The predicted molar refractivity (Wildman–Crippen MR) is 84.3 cm³/mol. The molecule has 1 aliphatic rings. The molecule has 0 saturated carbocycles. The van der Waals surface area contributed by atoms with Gasteiger partial charge in [0.05, 0.1) is 17.5 Å². The number of furan rings is 1. The first-order chi connectivity index (χ1) is 10.1. The summed E-state index contributed by atoms with van der Waals surface area (Å²) in [6, 6.07) is 5.70. The van der Waals surface area contributed by atoms with E-state index in [4.69, 9.17) is 16.0 Å². The van der Waals surface area contributed by atoms with E-state index in [2.05, 4.69) is 0 Å². The van der Waals surface area contributed by atoms with Gasteiger partial charge in [-0.2, -0.15) is 0 Å². The van der Waals surface area contributed by atoms with Gasteiger partial charge in [-0.05, 0) is 43.0 Å². The average Bonchev–Trinajstić information content (AvgIpc) is 2.98. The van der Waals surface area contributed by atoms with Crippen molar-refractivity contribution in [2.24, 2.45) is 0 Å². The molecule has 0 spiro atoms. The molecule has 0 radical (unpaired) electrons. The van der Waals surface area contributed by atoms with E-state index in [1.54, 1.807) is 12.3 Å². The lowest BCUT2D eigenvalue weighted by Gasteiger charge is -2.31. The number of hydrogen-bond donors (Lipinski definition) is 0. The molecule has 1 aromatic heterocycles. The van der Waals surface area contributed by atoms with Crippen LogP contribution in [0.2, 0.25) is 5.02 Å². The highest BCUT2D eigenvalue weighted by Crippen LogP contribution is 2.35. The van der Waals surface area contributed by atoms with Crippen molar-refractivity contribution in [1.29, 1.82) is 0 Å². The van der Waals surface area contributed by atoms with Crippen LogP contribution in [0.3, 0.4) is 0 Å². The van der Waals surface area contributed by atoms with E-state index in [1.165, 1.54) is 5.56 Å². The summed E-state index contributed by atoms with van der Waals surface area (Å²) in [5.41, 5.74) is 3.80. The minimum absolute atomic E-state index is 0.00640. The summed E-state index contributed by atoms with van der Waals surface area (Å²) in [4.78, 5) is 14.7. The molecule has 1 aromatic carbocycles. The second-order valence-electron chi connectivity index (χ2n) is 5.35. The zero-order valence-electron chi connectivity index (χ0n) is 12.3. The summed E-state index contributed by atoms with van der Waals surface area (Å²) in [6.45, 7) is 4.69. The summed E-state index contributed by atoms with van der Waals surface area (Å²) in [5, 5.41) is 0.705. The molecule has 0 atom stereocenters. The van der Waals surface area contributed by atoms with Crippen LogP contribution in [0, 0.1) is 6.92 Å². The Morgan fingerprint density at radius 3 is 2.95 bits per heavy atom. The SMILES string of the molecule is CCc1occc1C(=O)N1CCCc2ccc(Cl)c(C)c21. The normalized spacial score (nSPS) is 14.1. The number of halogens is 1. The lowest BCUT2D eigenvalue weighted by Crippen LogP contribution is -2.36. The van der Waals surface area contributed by atoms with Crippen molar-refractivity contribution in [3.8, 4) is 0 Å². The Morgan fingerprint density at radius 2 is 2.19 bits per heavy atom. The van der Waals surface area contributed by atoms with Crippen molar-refractivity contribution in [2.75, 3.05) is 11.4 Å². The summed E-state index contributed by atoms with van der Waals surface area (Å²) < 4.78 is 5.39. The van der Waals surface area contributed by atoms with Crippen LogP contribution in [0.5, 0.6) is 0 Å². The second-order valence-corrected chi connectivity index (χ2v) is 5.76. The summed E-state index contributed by atoms with van der Waals surface area (Å²) >= 11 is 6.24. The molecule has 1 aliphatic heterocycles. The summed E-state index contributed by atoms with van der Waals surface area (Å²) in [6.07, 6.45) is 4.26. The average molecular weight is 304 g/mol. The molecule has 0 aliphatic carbocycles. The van der Waals surface area contributed by atoms with Gasteiger partial charge in [0.25, 0.3) is 5.91 Å². The van der Waals surface area contributed by atoms with Gasteiger partial charge in [-0.3, -0.25) is 4.79 Å². The third-order valence-electron chi connectivity index (χ3n) is 4.09. The van der Waals surface area contributed by atoms with E-state index < -0.39 is 0 Å². The van der Waals surface area contributed by atoms with E-state index in [1.807, 2.05) is 30.9 Å². The van der Waals surface area contributed by atoms with Gasteiger partial charge in [0.1, 0.15) is 5.76 Å². The van der Waals surface area contributed by atoms with E-state index in [0.29, 0.717) is 17.0 Å². The second kappa shape index (κ2) is 5.57. The number of hydrogen-bond acceptors (Lipinski definition) is 2. The number of aryl methyl sites for hydroxylation is 2. The van der Waals surface area contributed by atoms with E-state index >= 15 is 0 Å². The Morgan fingerprint density at radius 1 is 1.38 bits per heavy atom. The zero-order valence-corrected chi connectivity index (χ0v) is 13.0. The van der Waals surface area contributed by atoms with E-state index in [0.717, 1.165) is 36.4 Å². The number of benzene rings is 1. The van der Waals surface area contributed by atoms with Crippen LogP contribution in [-0.2, 0) is 12.8 Å². The molecule has 2 aromatic rings. The topological polar surface area (TPSA) is 33.5 Å². The molecule has 21 heavy (non-hydrogen) atoms. The Bertz CT molecular complexity index is 690. The van der Waals surface area contributed by atoms with Gasteiger partial charge in [0.2, 0.25) is 0 Å². The van der Waals surface area contributed by atoms with Crippen molar-refractivity contribution < 1.29 is 9.21 Å². The molecule has 1 amide bonds. The van der Waals surface area contributed by atoms with Crippen LogP contribution >= 0.6 is 11.6 Å². The maximum atomic E-state index is 12.9. The first kappa shape index (κ1) is 14.2. The Labute approximate surface area is 129 Å². The molecule has 2 heterocycles. The van der Waals surface area contributed by atoms with Crippen LogP contribution in [0.25, 0.3) is 0 Å². The number of amides is 1. The minimum atomic E-state index is 0.00640. The molecule has 3 rings (SSSR count). The maximum Gasteiger partial charge on any atom is 0.261 e. The molecule has 4 heteroatoms. The smallest absolute Gasteiger partial charge is 0.261 e. The van der Waals surface area contributed by atoms with Gasteiger partial charge < -0.3 is 9.32 Å². The third kappa shape index (κ3) is 2.36. The molecule has 0 bridgehead atoms. The number of nitrogens with zero attached hydrogens (tertiary/aromatic N) is 1. The minimum Gasteiger partial charge on any atom is -0.469 e. The number of carbonyl (C=O) groups is 1. The first-order valence-electron chi connectivity index (χ1n) is 7.29. The monoisotopic (exact) mass is 303 g/mol. The third-order valence-corrected chi connectivity index (χ3v) is 4.50. The molecule has 0 fully saturated rings. The maximum absolute atomic E-state index is 12.9. The largest absolute Gasteiger partial charge is 0.469 e. The van der Waals surface area contributed by atoms with Gasteiger partial charge in [-0.25, -0.2) is 0 Å². The van der Waals surface area contributed by atoms with Crippen LogP contribution in [0.4, 0.5) is 5.69 Å². The molecule has 3 nitrogen and oxygen atoms in total. The highest BCUT2D eigenvalue weighted by atomic mass is 35.5. The van der Waals surface area contributed by atoms with Gasteiger partial charge in [-0.15, -0.1) is 0 Å². The number of anilines is 1.